The van der Waals surface area contributed by atoms with Gasteiger partial charge in [0.25, 0.3) is 0 Å². The van der Waals surface area contributed by atoms with Crippen LogP contribution in [-0.2, 0) is 11.4 Å². The molecule has 0 radical (unpaired) electrons. The Morgan fingerprint density at radius 2 is 1.88 bits per heavy atom. The fourth-order valence-electron chi connectivity index (χ4n) is 2.75. The number of nitrogens with zero attached hydrogens (tertiary/aromatic N) is 3. The Bertz CT molecular complexity index is 643. The number of fused-ring (bicyclic) bond motifs is 1. The zero-order valence-corrected chi connectivity index (χ0v) is 15.1. The van der Waals surface area contributed by atoms with Gasteiger partial charge in [-0.15, -0.1) is 0 Å². The normalized spacial score (nSPS) is 11.3. The number of carbonyl (C=O) groups excluding carboxylic acids is 1. The largest absolute Gasteiger partial charge is 0.462 e. The molecule has 0 aliphatic carbocycles. The highest BCUT2D eigenvalue weighted by Crippen LogP contribution is 2.17. The number of carbonyl (C=O) groups is 1. The highest BCUT2D eigenvalue weighted by atomic mass is 16.5. The molecular formula is C19H29N3O2. The summed E-state index contributed by atoms with van der Waals surface area (Å²) in [5.41, 5.74) is 2.45. The van der Waals surface area contributed by atoms with E-state index in [2.05, 4.69) is 28.3 Å². The minimum Gasteiger partial charge on any atom is -0.462 e. The van der Waals surface area contributed by atoms with E-state index in [1.54, 1.807) is 0 Å². The van der Waals surface area contributed by atoms with Crippen molar-refractivity contribution in [2.75, 3.05) is 19.7 Å². The van der Waals surface area contributed by atoms with Crippen LogP contribution < -0.4 is 0 Å². The predicted molar refractivity (Wildman–Crippen MR) is 97.1 cm³/mol. The van der Waals surface area contributed by atoms with Crippen LogP contribution in [0.1, 0.15) is 56.8 Å². The molecule has 0 saturated heterocycles. The number of imidazole rings is 1. The summed E-state index contributed by atoms with van der Waals surface area (Å²) in [4.78, 5) is 18.8. The van der Waals surface area contributed by atoms with E-state index in [9.17, 15) is 4.79 Å². The average molecular weight is 331 g/mol. The minimum absolute atomic E-state index is 0.290. The lowest BCUT2D eigenvalue weighted by atomic mass is 10.2. The van der Waals surface area contributed by atoms with Crippen LogP contribution in [0.4, 0.5) is 0 Å². The minimum atomic E-state index is -0.290. The van der Waals surface area contributed by atoms with Gasteiger partial charge in [-0.2, -0.15) is 0 Å². The molecule has 0 atom stereocenters. The van der Waals surface area contributed by atoms with Gasteiger partial charge in [-0.05, 0) is 51.1 Å². The van der Waals surface area contributed by atoms with Gasteiger partial charge < -0.3 is 9.30 Å². The Morgan fingerprint density at radius 3 is 2.50 bits per heavy atom. The molecule has 24 heavy (non-hydrogen) atoms. The summed E-state index contributed by atoms with van der Waals surface area (Å²) in [6.45, 7) is 9.70. The van der Waals surface area contributed by atoms with Crippen molar-refractivity contribution in [3.8, 4) is 0 Å². The summed E-state index contributed by atoms with van der Waals surface area (Å²) in [5.74, 6) is -0.290. The number of rotatable bonds is 10. The van der Waals surface area contributed by atoms with E-state index in [-0.39, 0.29) is 5.97 Å². The third-order valence-electron chi connectivity index (χ3n) is 4.14. The summed E-state index contributed by atoms with van der Waals surface area (Å²) in [6, 6.07) is 5.60. The second-order valence-corrected chi connectivity index (χ2v) is 6.10. The van der Waals surface area contributed by atoms with Gasteiger partial charge in [-0.25, -0.2) is 9.78 Å². The maximum absolute atomic E-state index is 11.8. The molecule has 0 N–H and O–H groups in total. The molecule has 0 spiro atoms. The van der Waals surface area contributed by atoms with Crippen molar-refractivity contribution < 1.29 is 9.53 Å². The quantitative estimate of drug-likeness (QED) is 0.616. The molecule has 1 heterocycles. The Labute approximate surface area is 144 Å². The molecule has 5 nitrogen and oxygen atoms in total. The Kier molecular flexibility index (Phi) is 7.25. The number of hydrogen-bond acceptors (Lipinski definition) is 4. The fourth-order valence-corrected chi connectivity index (χ4v) is 2.75. The van der Waals surface area contributed by atoms with Crippen LogP contribution in [-0.4, -0.2) is 40.1 Å². The third kappa shape index (κ3) is 4.81. The maximum Gasteiger partial charge on any atom is 0.338 e. The Morgan fingerprint density at radius 1 is 1.17 bits per heavy atom. The van der Waals surface area contributed by atoms with E-state index in [1.165, 1.54) is 25.7 Å². The molecule has 0 aliphatic rings. The van der Waals surface area contributed by atoms with Crippen molar-refractivity contribution >= 4 is 17.0 Å². The molecule has 0 unspecified atom stereocenters. The van der Waals surface area contributed by atoms with Gasteiger partial charge in [-0.1, -0.05) is 26.7 Å². The topological polar surface area (TPSA) is 47.4 Å². The van der Waals surface area contributed by atoms with E-state index >= 15 is 0 Å². The summed E-state index contributed by atoms with van der Waals surface area (Å²) in [5, 5.41) is 0. The van der Waals surface area contributed by atoms with Gasteiger partial charge in [0, 0.05) is 0 Å². The highest BCUT2D eigenvalue weighted by Gasteiger charge is 2.12. The molecule has 0 amide bonds. The monoisotopic (exact) mass is 331 g/mol. The molecule has 0 bridgehead atoms. The molecule has 2 rings (SSSR count). The van der Waals surface area contributed by atoms with Crippen molar-refractivity contribution in [2.45, 2.75) is 53.1 Å². The summed E-state index contributed by atoms with van der Waals surface area (Å²) >= 11 is 0. The average Bonchev–Trinajstić information content (AvgIpc) is 2.99. The first-order valence-electron chi connectivity index (χ1n) is 9.03. The van der Waals surface area contributed by atoms with Crippen LogP contribution >= 0.6 is 0 Å². The van der Waals surface area contributed by atoms with Crippen molar-refractivity contribution in [1.29, 1.82) is 0 Å². The van der Waals surface area contributed by atoms with Gasteiger partial charge in [0.2, 0.25) is 0 Å². The van der Waals surface area contributed by atoms with E-state index in [0.717, 1.165) is 30.8 Å². The van der Waals surface area contributed by atoms with Gasteiger partial charge in [-0.3, -0.25) is 4.90 Å². The van der Waals surface area contributed by atoms with Gasteiger partial charge in [0.15, 0.2) is 0 Å². The number of ether oxygens (including phenoxy) is 1. The summed E-state index contributed by atoms with van der Waals surface area (Å²) < 4.78 is 7.22. The first-order valence-corrected chi connectivity index (χ1v) is 9.03. The molecule has 5 heteroatoms. The van der Waals surface area contributed by atoms with Crippen LogP contribution in [0.5, 0.6) is 0 Å². The lowest BCUT2D eigenvalue weighted by Crippen LogP contribution is -2.28. The van der Waals surface area contributed by atoms with Crippen molar-refractivity contribution in [3.05, 3.63) is 30.1 Å². The molecule has 132 valence electrons. The van der Waals surface area contributed by atoms with Crippen LogP contribution in [0, 0.1) is 0 Å². The second kappa shape index (κ2) is 9.42. The molecule has 1 aromatic carbocycles. The summed E-state index contributed by atoms with van der Waals surface area (Å²) in [7, 11) is 0. The van der Waals surface area contributed by atoms with Crippen molar-refractivity contribution in [3.63, 3.8) is 0 Å². The van der Waals surface area contributed by atoms with Crippen molar-refractivity contribution in [2.24, 2.45) is 0 Å². The number of esters is 1. The molecule has 0 saturated carbocycles. The number of benzene rings is 1. The molecule has 1 aromatic heterocycles. The fraction of sp³-hybridized carbons (Fsp3) is 0.579. The molecule has 0 fully saturated rings. The van der Waals surface area contributed by atoms with Crippen LogP contribution in [0.2, 0.25) is 0 Å². The zero-order chi connectivity index (χ0) is 17.4. The van der Waals surface area contributed by atoms with Gasteiger partial charge >= 0.3 is 5.97 Å². The standard InChI is InChI=1S/C19H29N3O2/c1-4-7-11-21(12-8-5-2)15-22-14-20-17-13-16(9-10-18(17)22)19(23)24-6-3/h9-10,13-14H,4-8,11-12,15H2,1-3H3. The predicted octanol–water partition coefficient (Wildman–Crippen LogP) is 4.07. The lowest BCUT2D eigenvalue weighted by Gasteiger charge is -2.22. The van der Waals surface area contributed by atoms with E-state index < -0.39 is 0 Å². The van der Waals surface area contributed by atoms with Crippen molar-refractivity contribution in [1.82, 2.24) is 14.5 Å². The van der Waals surface area contributed by atoms with Crippen LogP contribution in [0.25, 0.3) is 11.0 Å². The summed E-state index contributed by atoms with van der Waals surface area (Å²) in [6.07, 6.45) is 6.70. The van der Waals surface area contributed by atoms with Gasteiger partial charge in [0.05, 0.1) is 36.2 Å². The second-order valence-electron chi connectivity index (χ2n) is 6.10. The smallest absolute Gasteiger partial charge is 0.338 e. The maximum atomic E-state index is 11.8. The Hall–Kier alpha value is -1.88. The third-order valence-corrected chi connectivity index (χ3v) is 4.14. The number of unbranched alkanes of at least 4 members (excludes halogenated alkanes) is 2. The highest BCUT2D eigenvalue weighted by molar-refractivity contribution is 5.93. The molecule has 0 aliphatic heterocycles. The number of aromatic nitrogens is 2. The van der Waals surface area contributed by atoms with Crippen LogP contribution in [0.3, 0.4) is 0 Å². The molecular weight excluding hydrogens is 302 g/mol. The van der Waals surface area contributed by atoms with E-state index in [1.807, 2.05) is 31.5 Å². The van der Waals surface area contributed by atoms with Gasteiger partial charge in [0.1, 0.15) is 0 Å². The van der Waals surface area contributed by atoms with E-state index in [0.29, 0.717) is 12.2 Å². The lowest BCUT2D eigenvalue weighted by molar-refractivity contribution is 0.0526. The zero-order valence-electron chi connectivity index (χ0n) is 15.1. The number of hydrogen-bond donors (Lipinski definition) is 0. The first kappa shape index (κ1) is 18.5. The Balaban J connectivity index is 2.14. The van der Waals surface area contributed by atoms with E-state index in [4.69, 9.17) is 4.74 Å². The van der Waals surface area contributed by atoms with Crippen LogP contribution in [0.15, 0.2) is 24.5 Å². The SMILES string of the molecule is CCCCN(CCCC)Cn1cnc2cc(C(=O)OCC)ccc21. The molecule has 2 aromatic rings. The first-order chi connectivity index (χ1) is 11.7.